The van der Waals surface area contributed by atoms with E-state index >= 15 is 0 Å². The van der Waals surface area contributed by atoms with Gasteiger partial charge in [0.05, 0.1) is 15.6 Å². The summed E-state index contributed by atoms with van der Waals surface area (Å²) in [5, 5.41) is 5.23. The number of ether oxygens (including phenoxy) is 1. The van der Waals surface area contributed by atoms with Crippen LogP contribution in [0.5, 0.6) is 5.75 Å². The number of halogens is 2. The van der Waals surface area contributed by atoms with Crippen LogP contribution < -0.4 is 4.74 Å². The van der Waals surface area contributed by atoms with E-state index in [4.69, 9.17) is 32.5 Å². The smallest absolute Gasteiger partial charge is 0.163 e. The third-order valence-electron chi connectivity index (χ3n) is 4.93. The number of Topliss-reactive ketones (excluding diaryl/α,β-unsaturated/α-hetero) is 1. The van der Waals surface area contributed by atoms with Crippen molar-refractivity contribution < 1.29 is 14.1 Å². The first-order valence-corrected chi connectivity index (χ1v) is 9.93. The first-order chi connectivity index (χ1) is 13.5. The molecule has 6 heteroatoms. The van der Waals surface area contributed by atoms with Gasteiger partial charge in [-0.15, -0.1) is 0 Å². The second-order valence-corrected chi connectivity index (χ2v) is 7.97. The van der Waals surface area contributed by atoms with Crippen molar-refractivity contribution in [2.75, 3.05) is 0 Å². The molecule has 28 heavy (non-hydrogen) atoms. The number of fused-ring (bicyclic) bond motifs is 1. The standard InChI is InChI=1S/C22H19Cl2NO3/c1-12(2)22-16(21(25-28-22)20-17(23)4-3-5-18(20)24)11-27-14-8-6-13-7-9-19(26)15(13)10-14/h3-6,8,10,12H,7,9,11H2,1-2H3. The van der Waals surface area contributed by atoms with Crippen LogP contribution in [0.15, 0.2) is 40.9 Å². The Hall–Kier alpha value is -2.30. The molecule has 4 nitrogen and oxygen atoms in total. The summed E-state index contributed by atoms with van der Waals surface area (Å²) in [7, 11) is 0. The van der Waals surface area contributed by atoms with Crippen LogP contribution in [0.25, 0.3) is 11.3 Å². The maximum absolute atomic E-state index is 12.0. The Morgan fingerprint density at radius 1 is 1.14 bits per heavy atom. The lowest BCUT2D eigenvalue weighted by atomic mass is 10.0. The van der Waals surface area contributed by atoms with E-state index in [0.717, 1.165) is 28.9 Å². The number of carbonyl (C=O) groups is 1. The zero-order valence-electron chi connectivity index (χ0n) is 15.6. The molecule has 144 valence electrons. The molecule has 0 radical (unpaired) electrons. The summed E-state index contributed by atoms with van der Waals surface area (Å²) in [5.74, 6) is 1.64. The van der Waals surface area contributed by atoms with Gasteiger partial charge < -0.3 is 9.26 Å². The lowest BCUT2D eigenvalue weighted by Crippen LogP contribution is -2.02. The first-order valence-electron chi connectivity index (χ1n) is 9.17. The molecule has 2 aromatic carbocycles. The molecule has 1 aliphatic carbocycles. The van der Waals surface area contributed by atoms with Gasteiger partial charge in [0.15, 0.2) is 5.78 Å². The van der Waals surface area contributed by atoms with Crippen LogP contribution in [0.2, 0.25) is 10.0 Å². The number of nitrogens with zero attached hydrogens (tertiary/aromatic N) is 1. The summed E-state index contributed by atoms with van der Waals surface area (Å²) in [6.07, 6.45) is 1.36. The number of ketones is 1. The van der Waals surface area contributed by atoms with E-state index in [1.165, 1.54) is 0 Å². The molecule has 0 amide bonds. The maximum Gasteiger partial charge on any atom is 0.163 e. The van der Waals surface area contributed by atoms with Gasteiger partial charge in [-0.1, -0.05) is 54.3 Å². The van der Waals surface area contributed by atoms with Crippen LogP contribution in [-0.4, -0.2) is 10.9 Å². The van der Waals surface area contributed by atoms with E-state index in [9.17, 15) is 4.79 Å². The van der Waals surface area contributed by atoms with Gasteiger partial charge >= 0.3 is 0 Å². The van der Waals surface area contributed by atoms with E-state index in [1.54, 1.807) is 18.2 Å². The topological polar surface area (TPSA) is 52.3 Å². The Labute approximate surface area is 173 Å². The molecule has 0 fully saturated rings. The number of carbonyl (C=O) groups excluding carboxylic acids is 1. The van der Waals surface area contributed by atoms with Crippen molar-refractivity contribution in [3.63, 3.8) is 0 Å². The van der Waals surface area contributed by atoms with Gasteiger partial charge in [-0.2, -0.15) is 0 Å². The van der Waals surface area contributed by atoms with Gasteiger partial charge in [0.1, 0.15) is 23.8 Å². The largest absolute Gasteiger partial charge is 0.489 e. The van der Waals surface area contributed by atoms with Gasteiger partial charge in [0.25, 0.3) is 0 Å². The number of rotatable bonds is 5. The third kappa shape index (κ3) is 3.43. The van der Waals surface area contributed by atoms with Gasteiger partial charge in [-0.25, -0.2) is 0 Å². The molecule has 0 saturated carbocycles. The average Bonchev–Trinajstić information content (AvgIpc) is 3.24. The summed E-state index contributed by atoms with van der Waals surface area (Å²) < 4.78 is 11.6. The van der Waals surface area contributed by atoms with Crippen molar-refractivity contribution in [2.45, 2.75) is 39.2 Å². The molecule has 4 rings (SSSR count). The minimum absolute atomic E-state index is 0.114. The van der Waals surface area contributed by atoms with Crippen molar-refractivity contribution in [2.24, 2.45) is 0 Å². The highest BCUT2D eigenvalue weighted by Gasteiger charge is 2.24. The Balaban J connectivity index is 1.69. The Morgan fingerprint density at radius 3 is 2.61 bits per heavy atom. The van der Waals surface area contributed by atoms with Gasteiger partial charge in [-0.3, -0.25) is 4.79 Å². The summed E-state index contributed by atoms with van der Waals surface area (Å²) in [6, 6.07) is 11.0. The van der Waals surface area contributed by atoms with Crippen LogP contribution in [0.3, 0.4) is 0 Å². The molecule has 0 aliphatic heterocycles. The molecule has 1 aromatic heterocycles. The number of benzene rings is 2. The van der Waals surface area contributed by atoms with Crippen molar-refractivity contribution in [3.8, 4) is 17.0 Å². The fourth-order valence-electron chi connectivity index (χ4n) is 3.50. The molecular formula is C22H19Cl2NO3. The minimum Gasteiger partial charge on any atom is -0.489 e. The maximum atomic E-state index is 12.0. The van der Waals surface area contributed by atoms with E-state index < -0.39 is 0 Å². The molecule has 0 saturated heterocycles. The highest BCUT2D eigenvalue weighted by molar-refractivity contribution is 6.39. The normalized spacial score (nSPS) is 13.2. The predicted molar refractivity (Wildman–Crippen MR) is 109 cm³/mol. The molecule has 0 spiro atoms. The molecule has 0 unspecified atom stereocenters. The van der Waals surface area contributed by atoms with E-state index in [1.807, 2.05) is 32.0 Å². The molecule has 0 N–H and O–H groups in total. The lowest BCUT2D eigenvalue weighted by Gasteiger charge is -2.11. The van der Waals surface area contributed by atoms with Crippen LogP contribution in [0, 0.1) is 0 Å². The SMILES string of the molecule is CC(C)c1onc(-c2c(Cl)cccc2Cl)c1COc1ccc2c(c1)C(=O)CC2. The molecule has 0 atom stereocenters. The number of hydrogen-bond donors (Lipinski definition) is 0. The average molecular weight is 416 g/mol. The second kappa shape index (κ2) is 7.61. The monoisotopic (exact) mass is 415 g/mol. The lowest BCUT2D eigenvalue weighted by molar-refractivity contribution is 0.0994. The van der Waals surface area contributed by atoms with Crippen LogP contribution >= 0.6 is 23.2 Å². The highest BCUT2D eigenvalue weighted by Crippen LogP contribution is 2.39. The van der Waals surface area contributed by atoms with Gasteiger partial charge in [0, 0.05) is 23.5 Å². The first kappa shape index (κ1) is 19.0. The van der Waals surface area contributed by atoms with Gasteiger partial charge in [-0.05, 0) is 36.2 Å². The second-order valence-electron chi connectivity index (χ2n) is 7.16. The molecule has 0 bridgehead atoms. The zero-order valence-corrected chi connectivity index (χ0v) is 17.1. The molecular weight excluding hydrogens is 397 g/mol. The number of aryl methyl sites for hydroxylation is 1. The van der Waals surface area contributed by atoms with E-state index in [0.29, 0.717) is 33.5 Å². The Bertz CT molecular complexity index is 1040. The van der Waals surface area contributed by atoms with Gasteiger partial charge in [0.2, 0.25) is 0 Å². The summed E-state index contributed by atoms with van der Waals surface area (Å²) in [5.41, 5.74) is 3.84. The van der Waals surface area contributed by atoms with Crippen LogP contribution in [0.4, 0.5) is 0 Å². The van der Waals surface area contributed by atoms with Crippen LogP contribution in [0.1, 0.15) is 53.4 Å². The molecule has 1 aliphatic rings. The number of aromatic nitrogens is 1. The molecule has 3 aromatic rings. The zero-order chi connectivity index (χ0) is 19.8. The Kier molecular flexibility index (Phi) is 5.17. The highest BCUT2D eigenvalue weighted by atomic mass is 35.5. The Morgan fingerprint density at radius 2 is 1.89 bits per heavy atom. The fourth-order valence-corrected chi connectivity index (χ4v) is 4.07. The summed E-state index contributed by atoms with van der Waals surface area (Å²) in [4.78, 5) is 12.0. The minimum atomic E-state index is 0.114. The molecule has 1 heterocycles. The summed E-state index contributed by atoms with van der Waals surface area (Å²) in [6.45, 7) is 4.28. The quantitative estimate of drug-likeness (QED) is 0.478. The number of hydrogen-bond acceptors (Lipinski definition) is 4. The third-order valence-corrected chi connectivity index (χ3v) is 5.56. The fraction of sp³-hybridized carbons (Fsp3) is 0.273. The van der Waals surface area contributed by atoms with E-state index in [-0.39, 0.29) is 18.3 Å². The van der Waals surface area contributed by atoms with Crippen molar-refractivity contribution in [1.29, 1.82) is 0 Å². The van der Waals surface area contributed by atoms with E-state index in [2.05, 4.69) is 5.16 Å². The van der Waals surface area contributed by atoms with Crippen molar-refractivity contribution in [1.82, 2.24) is 5.16 Å². The van der Waals surface area contributed by atoms with Crippen molar-refractivity contribution in [3.05, 3.63) is 68.9 Å². The summed E-state index contributed by atoms with van der Waals surface area (Å²) >= 11 is 12.8. The van der Waals surface area contributed by atoms with Crippen LogP contribution in [-0.2, 0) is 13.0 Å². The van der Waals surface area contributed by atoms with Crippen molar-refractivity contribution >= 4 is 29.0 Å². The predicted octanol–water partition coefficient (Wildman–Crippen LogP) is 6.48.